The van der Waals surface area contributed by atoms with Crippen LogP contribution in [0.4, 0.5) is 0 Å². The van der Waals surface area contributed by atoms with Crippen LogP contribution < -0.4 is 4.74 Å². The Bertz CT molecular complexity index is 1930. The van der Waals surface area contributed by atoms with Crippen molar-refractivity contribution in [2.45, 2.75) is 46.0 Å². The van der Waals surface area contributed by atoms with Crippen molar-refractivity contribution in [3.05, 3.63) is 62.0 Å². The highest BCUT2D eigenvalue weighted by molar-refractivity contribution is 9.11. The van der Waals surface area contributed by atoms with Gasteiger partial charge in [-0.2, -0.15) is 0 Å². The van der Waals surface area contributed by atoms with E-state index in [1.54, 1.807) is 18.2 Å². The van der Waals surface area contributed by atoms with Crippen molar-refractivity contribution >= 4 is 92.7 Å². The van der Waals surface area contributed by atoms with Crippen molar-refractivity contribution < 1.29 is 29.0 Å². The van der Waals surface area contributed by atoms with Gasteiger partial charge in [0, 0.05) is 65.5 Å². The number of hydrogen-bond donors (Lipinski definition) is 1. The van der Waals surface area contributed by atoms with Crippen LogP contribution in [0.1, 0.15) is 77.0 Å². The summed E-state index contributed by atoms with van der Waals surface area (Å²) in [5.41, 5.74) is 1.31. The highest BCUT2D eigenvalue weighted by Crippen LogP contribution is 2.50. The molecule has 43 heavy (non-hydrogen) atoms. The number of esters is 1. The van der Waals surface area contributed by atoms with Crippen LogP contribution in [-0.2, 0) is 4.74 Å². The molecule has 1 N–H and O–H groups in total. The molecule has 0 spiro atoms. The van der Waals surface area contributed by atoms with Gasteiger partial charge in [-0.1, -0.05) is 64.6 Å². The maximum Gasteiger partial charge on any atom is 0.338 e. The average Bonchev–Trinajstić information content (AvgIpc) is 3.00. The van der Waals surface area contributed by atoms with E-state index in [0.717, 1.165) is 58.0 Å². The zero-order valence-corrected chi connectivity index (χ0v) is 27.2. The van der Waals surface area contributed by atoms with Crippen molar-refractivity contribution in [2.75, 3.05) is 26.4 Å². The molecule has 0 bridgehead atoms. The van der Waals surface area contributed by atoms with Crippen LogP contribution in [0.5, 0.6) is 5.75 Å². The fourth-order valence-corrected chi connectivity index (χ4v) is 7.41. The quantitative estimate of drug-likeness (QED) is 0.0487. The van der Waals surface area contributed by atoms with Gasteiger partial charge in [-0.15, -0.1) is 0 Å². The van der Waals surface area contributed by atoms with Gasteiger partial charge in [0.1, 0.15) is 5.75 Å². The van der Waals surface area contributed by atoms with E-state index >= 15 is 0 Å². The second kappa shape index (κ2) is 12.0. The molecule has 1 aliphatic heterocycles. The standard InChI is InChI=1S/C34H31Br2NO6/c1-3-5-14-42-25-11-10-19-27-23(35)16-21-26-20(32(39)37(33(21)40)12-7-13-38)9-8-18(30(26)27)28-24(36)17-22(29(25)31(19)28)34(41)43-15-6-4-2/h8-11,16-17,38H,3-7,12-15H2,1-2H3. The summed E-state index contributed by atoms with van der Waals surface area (Å²) in [6, 6.07) is 11.2. The van der Waals surface area contributed by atoms with Gasteiger partial charge in [0.05, 0.1) is 18.8 Å². The van der Waals surface area contributed by atoms with Crippen LogP contribution >= 0.6 is 31.9 Å². The van der Waals surface area contributed by atoms with Gasteiger partial charge < -0.3 is 14.6 Å². The highest BCUT2D eigenvalue weighted by Gasteiger charge is 2.35. The lowest BCUT2D eigenvalue weighted by molar-refractivity contribution is 0.0500. The van der Waals surface area contributed by atoms with Crippen molar-refractivity contribution in [3.63, 3.8) is 0 Å². The molecule has 222 valence electrons. The number of benzene rings is 5. The maximum absolute atomic E-state index is 13.6. The van der Waals surface area contributed by atoms with Gasteiger partial charge >= 0.3 is 5.97 Å². The van der Waals surface area contributed by atoms with Gasteiger partial charge in [0.15, 0.2) is 0 Å². The molecule has 0 aliphatic carbocycles. The lowest BCUT2D eigenvalue weighted by atomic mass is 9.84. The number of nitrogens with zero attached hydrogens (tertiary/aromatic N) is 1. The molecule has 0 aromatic heterocycles. The van der Waals surface area contributed by atoms with E-state index in [1.807, 2.05) is 25.1 Å². The first-order valence-electron chi connectivity index (χ1n) is 14.7. The van der Waals surface area contributed by atoms with Gasteiger partial charge in [0.25, 0.3) is 11.8 Å². The first kappa shape index (κ1) is 29.8. The van der Waals surface area contributed by atoms with E-state index in [2.05, 4.69) is 38.8 Å². The Morgan fingerprint density at radius 3 is 2.09 bits per heavy atom. The van der Waals surface area contributed by atoms with Crippen molar-refractivity contribution in [3.8, 4) is 5.75 Å². The van der Waals surface area contributed by atoms with Crippen LogP contribution in [0.3, 0.4) is 0 Å². The van der Waals surface area contributed by atoms with E-state index < -0.39 is 5.97 Å². The molecule has 2 amide bonds. The summed E-state index contributed by atoms with van der Waals surface area (Å²) >= 11 is 7.54. The number of ether oxygens (including phenoxy) is 2. The average molecular weight is 709 g/mol. The van der Waals surface area contributed by atoms with Gasteiger partial charge in [-0.05, 0) is 60.4 Å². The topological polar surface area (TPSA) is 93.1 Å². The Labute approximate surface area is 265 Å². The molecular formula is C34H31Br2NO6. The molecule has 7 nitrogen and oxygen atoms in total. The Balaban J connectivity index is 1.71. The van der Waals surface area contributed by atoms with E-state index in [4.69, 9.17) is 9.47 Å². The number of halogens is 2. The number of aliphatic hydroxyl groups excluding tert-OH is 1. The minimum atomic E-state index is -0.410. The molecule has 6 rings (SSSR count). The Morgan fingerprint density at radius 1 is 0.767 bits per heavy atom. The van der Waals surface area contributed by atoms with Crippen molar-refractivity contribution in [2.24, 2.45) is 0 Å². The summed E-state index contributed by atoms with van der Waals surface area (Å²) in [6.45, 7) is 5.02. The number of hydrogen-bond acceptors (Lipinski definition) is 6. The van der Waals surface area contributed by atoms with E-state index in [1.165, 1.54) is 4.90 Å². The molecule has 0 fully saturated rings. The van der Waals surface area contributed by atoms with Crippen LogP contribution in [-0.4, -0.2) is 54.2 Å². The fraction of sp³-hybridized carbons (Fsp3) is 0.324. The third-order valence-corrected chi connectivity index (χ3v) is 9.42. The predicted molar refractivity (Wildman–Crippen MR) is 176 cm³/mol. The number of rotatable bonds is 11. The lowest BCUT2D eigenvalue weighted by Crippen LogP contribution is -2.41. The van der Waals surface area contributed by atoms with E-state index in [-0.39, 0.29) is 25.0 Å². The number of imide groups is 1. The number of aliphatic hydroxyl groups is 1. The SMILES string of the molecule is CCCCOC(=O)c1cc(Br)c2c3ccc4c5c(cc(Br)c(c6ccc(OCCCC)c1c62)c53)C(=O)N(CCCO)C4=O. The lowest BCUT2D eigenvalue weighted by Gasteiger charge is -2.29. The Hall–Kier alpha value is -3.27. The highest BCUT2D eigenvalue weighted by atomic mass is 79.9. The summed E-state index contributed by atoms with van der Waals surface area (Å²) in [4.78, 5) is 41.9. The van der Waals surface area contributed by atoms with Crippen LogP contribution in [0.2, 0.25) is 0 Å². The minimum absolute atomic E-state index is 0.117. The summed E-state index contributed by atoms with van der Waals surface area (Å²) in [5, 5.41) is 15.7. The molecule has 0 saturated carbocycles. The number of carbonyl (C=O) groups excluding carboxylic acids is 3. The second-order valence-electron chi connectivity index (χ2n) is 10.9. The molecule has 1 aliphatic rings. The molecule has 1 heterocycles. The summed E-state index contributed by atoms with van der Waals surface area (Å²) in [6.07, 6.45) is 3.84. The largest absolute Gasteiger partial charge is 0.493 e. The van der Waals surface area contributed by atoms with Gasteiger partial charge in [-0.25, -0.2) is 4.79 Å². The normalized spacial score (nSPS) is 13.3. The first-order valence-corrected chi connectivity index (χ1v) is 16.3. The number of fused-ring (bicyclic) bond motifs is 2. The number of unbranched alkanes of at least 4 members (excludes halogenated alkanes) is 2. The monoisotopic (exact) mass is 707 g/mol. The summed E-state index contributed by atoms with van der Waals surface area (Å²) < 4.78 is 13.4. The Morgan fingerprint density at radius 2 is 1.40 bits per heavy atom. The molecule has 0 radical (unpaired) electrons. The van der Waals surface area contributed by atoms with Gasteiger partial charge in [0.2, 0.25) is 0 Å². The molecule has 0 saturated heterocycles. The Kier molecular flexibility index (Phi) is 8.33. The van der Waals surface area contributed by atoms with Crippen LogP contribution in [0.25, 0.3) is 43.1 Å². The maximum atomic E-state index is 13.6. The molecule has 5 aromatic rings. The third-order valence-electron chi connectivity index (χ3n) is 8.17. The molecule has 9 heteroatoms. The summed E-state index contributed by atoms with van der Waals surface area (Å²) in [7, 11) is 0. The van der Waals surface area contributed by atoms with Gasteiger partial charge in [-0.3, -0.25) is 14.5 Å². The van der Waals surface area contributed by atoms with Crippen molar-refractivity contribution in [1.82, 2.24) is 4.90 Å². The van der Waals surface area contributed by atoms with E-state index in [9.17, 15) is 19.5 Å². The zero-order chi connectivity index (χ0) is 30.4. The van der Waals surface area contributed by atoms with Crippen LogP contribution in [0, 0.1) is 0 Å². The number of amides is 2. The fourth-order valence-electron chi connectivity index (χ4n) is 6.13. The molecule has 0 unspecified atom stereocenters. The zero-order valence-electron chi connectivity index (χ0n) is 24.0. The van der Waals surface area contributed by atoms with E-state index in [0.29, 0.717) is 61.8 Å². The molecule has 5 aromatic carbocycles. The predicted octanol–water partition coefficient (Wildman–Crippen LogP) is 8.38. The molecular weight excluding hydrogens is 678 g/mol. The minimum Gasteiger partial charge on any atom is -0.493 e. The van der Waals surface area contributed by atoms with Crippen LogP contribution in [0.15, 0.2) is 45.3 Å². The third kappa shape index (κ3) is 4.76. The molecule has 0 atom stereocenters. The number of carbonyl (C=O) groups is 3. The van der Waals surface area contributed by atoms with Crippen molar-refractivity contribution in [1.29, 1.82) is 0 Å². The smallest absolute Gasteiger partial charge is 0.338 e. The second-order valence-corrected chi connectivity index (χ2v) is 12.6. The first-order chi connectivity index (χ1) is 20.8. The summed E-state index contributed by atoms with van der Waals surface area (Å²) in [5.74, 6) is -0.549.